The van der Waals surface area contributed by atoms with Crippen LogP contribution in [0.2, 0.25) is 0 Å². The third-order valence-corrected chi connectivity index (χ3v) is 3.01. The molecule has 6 nitrogen and oxygen atoms in total. The fraction of sp³-hybridized carbons (Fsp3) is 0.833. The number of hydrogen-bond acceptors (Lipinski definition) is 4. The Morgan fingerprint density at radius 2 is 1.89 bits per heavy atom. The Labute approximate surface area is 109 Å². The first-order chi connectivity index (χ1) is 8.35. The molecule has 1 atom stereocenters. The molecule has 6 heteroatoms. The lowest BCUT2D eigenvalue weighted by Crippen LogP contribution is -2.44. The first-order valence-corrected chi connectivity index (χ1v) is 6.22. The molecule has 2 amide bonds. The molecule has 0 radical (unpaired) electrons. The molecule has 18 heavy (non-hydrogen) atoms. The van der Waals surface area contributed by atoms with E-state index >= 15 is 0 Å². The highest BCUT2D eigenvalue weighted by molar-refractivity contribution is 5.82. The number of carbonyl (C=O) groups excluding carboxylic acids is 2. The summed E-state index contributed by atoms with van der Waals surface area (Å²) in [6, 6.07) is 0. The van der Waals surface area contributed by atoms with Gasteiger partial charge in [-0.3, -0.25) is 9.59 Å². The van der Waals surface area contributed by atoms with Gasteiger partial charge in [0.05, 0.1) is 6.67 Å². The number of aliphatic hydroxyl groups excluding tert-OH is 1. The van der Waals surface area contributed by atoms with Crippen molar-refractivity contribution in [1.82, 2.24) is 16.0 Å². The van der Waals surface area contributed by atoms with Crippen LogP contribution in [-0.2, 0) is 9.59 Å². The molecular weight excluding hydrogens is 234 g/mol. The Bertz CT molecular complexity index is 280. The summed E-state index contributed by atoms with van der Waals surface area (Å²) in [6.07, 6.45) is -0.153. The van der Waals surface area contributed by atoms with Crippen molar-refractivity contribution >= 4 is 11.8 Å². The fourth-order valence-electron chi connectivity index (χ4n) is 1.22. The van der Waals surface area contributed by atoms with E-state index in [0.717, 1.165) is 0 Å². The molecule has 0 spiro atoms. The average Bonchev–Trinajstić information content (AvgIpc) is 2.35. The van der Waals surface area contributed by atoms with Crippen molar-refractivity contribution in [3.63, 3.8) is 0 Å². The zero-order valence-corrected chi connectivity index (χ0v) is 11.7. The molecule has 0 saturated carbocycles. The minimum atomic E-state index is -1.05. The number of amides is 2. The number of aliphatic hydroxyl groups is 1. The predicted molar refractivity (Wildman–Crippen MR) is 69.8 cm³/mol. The molecule has 0 aliphatic rings. The summed E-state index contributed by atoms with van der Waals surface area (Å²) in [4.78, 5) is 22.9. The van der Waals surface area contributed by atoms with Gasteiger partial charge in [-0.05, 0) is 18.9 Å². The summed E-state index contributed by atoms with van der Waals surface area (Å²) in [7, 11) is 1.73. The second-order valence-electron chi connectivity index (χ2n) is 4.92. The van der Waals surface area contributed by atoms with Gasteiger partial charge in [0.25, 0.3) is 0 Å². The van der Waals surface area contributed by atoms with Crippen molar-refractivity contribution < 1.29 is 14.7 Å². The van der Waals surface area contributed by atoms with Crippen LogP contribution in [0, 0.1) is 5.41 Å². The van der Waals surface area contributed by atoms with Crippen LogP contribution < -0.4 is 16.0 Å². The van der Waals surface area contributed by atoms with Crippen LogP contribution in [0.15, 0.2) is 0 Å². The van der Waals surface area contributed by atoms with E-state index in [2.05, 4.69) is 16.0 Å². The van der Waals surface area contributed by atoms with Crippen molar-refractivity contribution in [1.29, 1.82) is 0 Å². The van der Waals surface area contributed by atoms with Crippen LogP contribution in [0.25, 0.3) is 0 Å². The van der Waals surface area contributed by atoms with Gasteiger partial charge in [-0.1, -0.05) is 20.8 Å². The van der Waals surface area contributed by atoms with E-state index in [1.807, 2.05) is 20.8 Å². The average molecular weight is 259 g/mol. The second-order valence-corrected chi connectivity index (χ2v) is 4.92. The summed E-state index contributed by atoms with van der Waals surface area (Å²) in [5, 5.41) is 17.8. The molecule has 0 aromatic rings. The zero-order valence-electron chi connectivity index (χ0n) is 11.7. The molecule has 106 valence electrons. The van der Waals surface area contributed by atoms with E-state index in [1.165, 1.54) is 0 Å². The standard InChI is InChI=1S/C12H25N3O3/c1-5-12(2,3)10(17)11(18)14-7-6-9(16)15-8-13-4/h10,13,17H,5-8H2,1-4H3,(H,14,18)(H,15,16). The number of hydrogen-bond donors (Lipinski definition) is 4. The summed E-state index contributed by atoms with van der Waals surface area (Å²) in [6.45, 7) is 6.21. The highest BCUT2D eigenvalue weighted by atomic mass is 16.3. The number of carbonyl (C=O) groups is 2. The first kappa shape index (κ1) is 16.9. The van der Waals surface area contributed by atoms with Crippen LogP contribution in [0.3, 0.4) is 0 Å². The van der Waals surface area contributed by atoms with Crippen LogP contribution in [0.4, 0.5) is 0 Å². The van der Waals surface area contributed by atoms with E-state index in [9.17, 15) is 14.7 Å². The maximum Gasteiger partial charge on any atom is 0.249 e. The first-order valence-electron chi connectivity index (χ1n) is 6.22. The molecule has 0 fully saturated rings. The maximum atomic E-state index is 11.6. The van der Waals surface area contributed by atoms with E-state index in [0.29, 0.717) is 13.1 Å². The summed E-state index contributed by atoms with van der Waals surface area (Å²) in [5.41, 5.74) is -0.460. The summed E-state index contributed by atoms with van der Waals surface area (Å²) < 4.78 is 0. The predicted octanol–water partition coefficient (Wildman–Crippen LogP) is -0.417. The molecule has 0 aromatic heterocycles. The monoisotopic (exact) mass is 259 g/mol. The van der Waals surface area contributed by atoms with Gasteiger partial charge in [-0.25, -0.2) is 0 Å². The van der Waals surface area contributed by atoms with Gasteiger partial charge >= 0.3 is 0 Å². The SMILES string of the molecule is CCC(C)(C)C(O)C(=O)NCCC(=O)NCNC. The maximum absolute atomic E-state index is 11.6. The third-order valence-electron chi connectivity index (χ3n) is 3.01. The van der Waals surface area contributed by atoms with Crippen LogP contribution in [0.5, 0.6) is 0 Å². The van der Waals surface area contributed by atoms with Crippen molar-refractivity contribution in [2.24, 2.45) is 5.41 Å². The van der Waals surface area contributed by atoms with Crippen molar-refractivity contribution in [2.45, 2.75) is 39.7 Å². The van der Waals surface area contributed by atoms with Crippen LogP contribution in [-0.4, -0.2) is 43.3 Å². The van der Waals surface area contributed by atoms with Crippen molar-refractivity contribution in [2.75, 3.05) is 20.3 Å². The minimum Gasteiger partial charge on any atom is -0.383 e. The lowest BCUT2D eigenvalue weighted by molar-refractivity contribution is -0.135. The second kappa shape index (κ2) is 8.05. The van der Waals surface area contributed by atoms with E-state index in [-0.39, 0.29) is 18.9 Å². The smallest absolute Gasteiger partial charge is 0.249 e. The van der Waals surface area contributed by atoms with E-state index < -0.39 is 17.4 Å². The Kier molecular flexibility index (Phi) is 7.54. The summed E-state index contributed by atoms with van der Waals surface area (Å²) in [5.74, 6) is -0.572. The van der Waals surface area contributed by atoms with Crippen molar-refractivity contribution in [3.8, 4) is 0 Å². The molecule has 0 aliphatic carbocycles. The van der Waals surface area contributed by atoms with Crippen LogP contribution >= 0.6 is 0 Å². The Balaban J connectivity index is 3.94. The highest BCUT2D eigenvalue weighted by Crippen LogP contribution is 2.24. The molecule has 0 heterocycles. The molecule has 0 saturated heterocycles. The largest absolute Gasteiger partial charge is 0.383 e. The van der Waals surface area contributed by atoms with E-state index in [1.54, 1.807) is 7.05 Å². The lowest BCUT2D eigenvalue weighted by Gasteiger charge is -2.28. The quantitative estimate of drug-likeness (QED) is 0.446. The summed E-state index contributed by atoms with van der Waals surface area (Å²) >= 11 is 0. The normalized spacial score (nSPS) is 12.9. The lowest BCUT2D eigenvalue weighted by atomic mass is 9.83. The fourth-order valence-corrected chi connectivity index (χ4v) is 1.22. The third kappa shape index (κ3) is 5.97. The Morgan fingerprint density at radius 3 is 2.39 bits per heavy atom. The molecule has 0 rings (SSSR count). The minimum absolute atomic E-state index is 0.145. The van der Waals surface area contributed by atoms with Gasteiger partial charge in [-0.15, -0.1) is 0 Å². The molecule has 0 aliphatic heterocycles. The van der Waals surface area contributed by atoms with Crippen LogP contribution in [0.1, 0.15) is 33.6 Å². The van der Waals surface area contributed by atoms with Gasteiger partial charge in [0.2, 0.25) is 11.8 Å². The number of nitrogens with one attached hydrogen (secondary N) is 3. The van der Waals surface area contributed by atoms with Crippen molar-refractivity contribution in [3.05, 3.63) is 0 Å². The highest BCUT2D eigenvalue weighted by Gasteiger charge is 2.31. The molecule has 0 bridgehead atoms. The molecule has 4 N–H and O–H groups in total. The molecular formula is C12H25N3O3. The Morgan fingerprint density at radius 1 is 1.28 bits per heavy atom. The van der Waals surface area contributed by atoms with Gasteiger partial charge in [0, 0.05) is 13.0 Å². The number of rotatable bonds is 8. The van der Waals surface area contributed by atoms with Gasteiger partial charge in [0.15, 0.2) is 0 Å². The zero-order chi connectivity index (χ0) is 14.2. The van der Waals surface area contributed by atoms with E-state index in [4.69, 9.17) is 0 Å². The molecule has 0 aromatic carbocycles. The van der Waals surface area contributed by atoms with Gasteiger partial charge in [-0.2, -0.15) is 0 Å². The topological polar surface area (TPSA) is 90.5 Å². The Hall–Kier alpha value is -1.14. The van der Waals surface area contributed by atoms with Gasteiger partial charge in [0.1, 0.15) is 6.10 Å². The molecule has 1 unspecified atom stereocenters. The van der Waals surface area contributed by atoms with Gasteiger partial charge < -0.3 is 21.1 Å².